The maximum atomic E-state index is 13.8. The Morgan fingerprint density at radius 1 is 1.12 bits per heavy atom. The first-order valence-corrected chi connectivity index (χ1v) is 9.30. The molecule has 4 rings (SSSR count). The third-order valence-corrected chi connectivity index (χ3v) is 5.49. The van der Waals surface area contributed by atoms with Gasteiger partial charge in [0.1, 0.15) is 5.82 Å². The molecule has 0 amide bonds. The molecule has 2 heterocycles. The predicted octanol–water partition coefficient (Wildman–Crippen LogP) is 4.57. The molecule has 0 atom stereocenters. The van der Waals surface area contributed by atoms with Crippen LogP contribution in [-0.4, -0.2) is 21.2 Å². The van der Waals surface area contributed by atoms with Crippen LogP contribution in [0.15, 0.2) is 48.5 Å². The fraction of sp³-hybridized carbons (Fsp3) is 0.222. The summed E-state index contributed by atoms with van der Waals surface area (Å²) in [7, 11) is 0. The number of nitrogens with one attached hydrogen (secondary N) is 1. The molecular weight excluding hydrogens is 355 g/mol. The molecule has 2 aromatic carbocycles. The quantitative estimate of drug-likeness (QED) is 0.680. The minimum atomic E-state index is -0.303. The lowest BCUT2D eigenvalue weighted by molar-refractivity contribution is 0.189. The van der Waals surface area contributed by atoms with Gasteiger partial charge in [-0.3, -0.25) is 4.90 Å². The van der Waals surface area contributed by atoms with E-state index < -0.39 is 0 Å². The van der Waals surface area contributed by atoms with Crippen LogP contribution in [0.4, 0.5) is 15.2 Å². The number of fused-ring (bicyclic) bond motifs is 1. The zero-order valence-corrected chi connectivity index (χ0v) is 15.1. The number of halogens is 1. The Morgan fingerprint density at radius 3 is 2.72 bits per heavy atom. The van der Waals surface area contributed by atoms with Crippen LogP contribution in [0.2, 0.25) is 0 Å². The zero-order chi connectivity index (χ0) is 17.2. The number of aromatic nitrogens is 2. The topological polar surface area (TPSA) is 33.1 Å². The predicted molar refractivity (Wildman–Crippen MR) is 101 cm³/mol. The Morgan fingerprint density at radius 2 is 1.88 bits per heavy atom. The fourth-order valence-electron chi connectivity index (χ4n) is 2.99. The Bertz CT molecular complexity index is 950. The van der Waals surface area contributed by atoms with E-state index in [9.17, 15) is 4.39 Å². The number of para-hydroxylation sites is 1. The number of nitrogens with zero attached hydrogens (tertiary/aromatic N) is 3. The summed E-state index contributed by atoms with van der Waals surface area (Å²) >= 11 is 6.78. The van der Waals surface area contributed by atoms with Crippen molar-refractivity contribution in [1.29, 1.82) is 0 Å². The summed E-state index contributed by atoms with van der Waals surface area (Å²) in [6.45, 7) is 2.51. The smallest absolute Gasteiger partial charge is 0.209 e. The zero-order valence-electron chi connectivity index (χ0n) is 13.5. The maximum absolute atomic E-state index is 13.8. The van der Waals surface area contributed by atoms with Gasteiger partial charge in [0.15, 0.2) is 3.95 Å². The van der Waals surface area contributed by atoms with Gasteiger partial charge in [0.2, 0.25) is 5.13 Å². The SMILES string of the molecule is Fc1ccccc1Nc1nn(CN2CCc3ccccc3C2)c(=S)s1. The van der Waals surface area contributed by atoms with E-state index in [1.54, 1.807) is 22.9 Å². The van der Waals surface area contributed by atoms with Crippen molar-refractivity contribution in [3.63, 3.8) is 0 Å². The third-order valence-electron chi connectivity index (χ3n) is 4.27. The van der Waals surface area contributed by atoms with Crippen LogP contribution < -0.4 is 5.32 Å². The Balaban J connectivity index is 1.48. The van der Waals surface area contributed by atoms with Gasteiger partial charge >= 0.3 is 0 Å². The summed E-state index contributed by atoms with van der Waals surface area (Å²) < 4.78 is 16.3. The van der Waals surface area contributed by atoms with Crippen molar-refractivity contribution in [1.82, 2.24) is 14.7 Å². The van der Waals surface area contributed by atoms with E-state index in [4.69, 9.17) is 12.2 Å². The standard InChI is InChI=1S/C18H17FN4S2/c19-15-7-3-4-8-16(15)20-17-21-23(18(24)25-17)12-22-10-9-13-5-1-2-6-14(13)11-22/h1-8H,9-12H2,(H,20,21). The van der Waals surface area contributed by atoms with Crippen LogP contribution in [0.1, 0.15) is 11.1 Å². The van der Waals surface area contributed by atoms with Crippen molar-refractivity contribution >= 4 is 34.4 Å². The average Bonchev–Trinajstić information content (AvgIpc) is 2.96. The summed E-state index contributed by atoms with van der Waals surface area (Å²) in [5.41, 5.74) is 3.19. The van der Waals surface area contributed by atoms with Crippen molar-refractivity contribution in [3.8, 4) is 0 Å². The van der Waals surface area contributed by atoms with E-state index in [0.29, 0.717) is 21.4 Å². The van der Waals surface area contributed by atoms with Crippen LogP contribution in [0.5, 0.6) is 0 Å². The molecule has 7 heteroatoms. The molecule has 4 nitrogen and oxygen atoms in total. The first-order chi connectivity index (χ1) is 12.2. The highest BCUT2D eigenvalue weighted by molar-refractivity contribution is 7.73. The van der Waals surface area contributed by atoms with Crippen molar-refractivity contribution < 1.29 is 4.39 Å². The number of benzene rings is 2. The number of hydrogen-bond acceptors (Lipinski definition) is 5. The van der Waals surface area contributed by atoms with Gasteiger partial charge in [0, 0.05) is 13.1 Å². The van der Waals surface area contributed by atoms with Crippen molar-refractivity contribution in [3.05, 3.63) is 69.4 Å². The lowest BCUT2D eigenvalue weighted by Crippen LogP contribution is -2.32. The summed E-state index contributed by atoms with van der Waals surface area (Å²) in [6, 6.07) is 15.1. The van der Waals surface area contributed by atoms with Crippen LogP contribution in [0, 0.1) is 9.77 Å². The minimum Gasteiger partial charge on any atom is -0.328 e. The lowest BCUT2D eigenvalue weighted by atomic mass is 10.0. The van der Waals surface area contributed by atoms with E-state index >= 15 is 0 Å². The molecule has 0 radical (unpaired) electrons. The second-order valence-corrected chi connectivity index (χ2v) is 7.61. The van der Waals surface area contributed by atoms with Crippen molar-refractivity contribution in [2.45, 2.75) is 19.6 Å². The normalized spacial score (nSPS) is 14.3. The van der Waals surface area contributed by atoms with Gasteiger partial charge in [0.25, 0.3) is 0 Å². The molecule has 25 heavy (non-hydrogen) atoms. The van der Waals surface area contributed by atoms with E-state index in [1.807, 2.05) is 0 Å². The molecule has 0 saturated carbocycles. The highest BCUT2D eigenvalue weighted by Gasteiger charge is 2.17. The van der Waals surface area contributed by atoms with Crippen LogP contribution in [0.25, 0.3) is 0 Å². The molecule has 0 bridgehead atoms. The molecular formula is C18H17FN4S2. The number of hydrogen-bond donors (Lipinski definition) is 1. The van der Waals surface area contributed by atoms with Crippen LogP contribution in [-0.2, 0) is 19.6 Å². The van der Waals surface area contributed by atoms with Gasteiger partial charge in [-0.25, -0.2) is 9.07 Å². The molecule has 1 aliphatic rings. The highest BCUT2D eigenvalue weighted by atomic mass is 32.1. The molecule has 0 aliphatic carbocycles. The lowest BCUT2D eigenvalue weighted by Gasteiger charge is -2.28. The molecule has 1 aromatic heterocycles. The average molecular weight is 372 g/mol. The van der Waals surface area contributed by atoms with Crippen molar-refractivity contribution in [2.75, 3.05) is 11.9 Å². The number of rotatable bonds is 4. The van der Waals surface area contributed by atoms with E-state index in [0.717, 1.165) is 19.5 Å². The molecule has 0 unspecified atom stereocenters. The van der Waals surface area contributed by atoms with E-state index in [2.05, 4.69) is 39.6 Å². The van der Waals surface area contributed by atoms with E-state index in [1.165, 1.54) is 28.5 Å². The largest absolute Gasteiger partial charge is 0.328 e. The highest BCUT2D eigenvalue weighted by Crippen LogP contribution is 2.24. The molecule has 0 fully saturated rings. The van der Waals surface area contributed by atoms with Crippen molar-refractivity contribution in [2.24, 2.45) is 0 Å². The molecule has 1 N–H and O–H groups in total. The first kappa shape index (κ1) is 16.4. The Labute approximate surface area is 154 Å². The molecule has 3 aromatic rings. The second kappa shape index (κ2) is 7.03. The fourth-order valence-corrected chi connectivity index (χ4v) is 3.99. The summed E-state index contributed by atoms with van der Waals surface area (Å²) in [5.74, 6) is -0.303. The molecule has 0 spiro atoms. The molecule has 128 valence electrons. The monoisotopic (exact) mass is 372 g/mol. The Kier molecular flexibility index (Phi) is 4.61. The van der Waals surface area contributed by atoms with Crippen LogP contribution in [0.3, 0.4) is 0 Å². The second-order valence-electron chi connectivity index (χ2n) is 5.99. The van der Waals surface area contributed by atoms with Gasteiger partial charge in [0.05, 0.1) is 12.4 Å². The third kappa shape index (κ3) is 3.63. The summed E-state index contributed by atoms with van der Waals surface area (Å²) in [5, 5.41) is 8.12. The first-order valence-electron chi connectivity index (χ1n) is 8.08. The van der Waals surface area contributed by atoms with Gasteiger partial charge in [-0.1, -0.05) is 47.7 Å². The summed E-state index contributed by atoms with van der Waals surface area (Å²) in [4.78, 5) is 2.32. The summed E-state index contributed by atoms with van der Waals surface area (Å²) in [6.07, 6.45) is 1.04. The Hall–Kier alpha value is -2.09. The van der Waals surface area contributed by atoms with Gasteiger partial charge in [-0.15, -0.1) is 5.10 Å². The molecule has 1 aliphatic heterocycles. The molecule has 0 saturated heterocycles. The van der Waals surface area contributed by atoms with Gasteiger partial charge < -0.3 is 5.32 Å². The van der Waals surface area contributed by atoms with E-state index in [-0.39, 0.29) is 5.82 Å². The van der Waals surface area contributed by atoms with Gasteiger partial charge in [-0.2, -0.15) is 0 Å². The van der Waals surface area contributed by atoms with Gasteiger partial charge in [-0.05, 0) is 41.9 Å². The maximum Gasteiger partial charge on any atom is 0.209 e. The van der Waals surface area contributed by atoms with Crippen LogP contribution >= 0.6 is 23.6 Å². The minimum absolute atomic E-state index is 0.303. The number of anilines is 2.